The number of ether oxygens (including phenoxy) is 1. The number of hydrogen-bond donors (Lipinski definition) is 2. The van der Waals surface area contributed by atoms with Gasteiger partial charge in [-0.2, -0.15) is 0 Å². The molecule has 0 fully saturated rings. The molecule has 0 heterocycles. The van der Waals surface area contributed by atoms with Gasteiger partial charge in [0.2, 0.25) is 0 Å². The number of carbonyl (C=O) groups excluding carboxylic acids is 1. The second-order valence-electron chi connectivity index (χ2n) is 6.17. The molecule has 0 saturated carbocycles. The summed E-state index contributed by atoms with van der Waals surface area (Å²) >= 11 is 11.9. The zero-order chi connectivity index (χ0) is 22.8. The standard InChI is InChI=1S/C20H14Cl2F2N2O4S/c1-30-19-7-4-13(31(28,29)26-17-6-3-12(23)9-16(17)24)10-18(19)25-20(27)14-5-2-11(21)8-15(14)22/h2-10,26H,1H3,(H,25,27). The third-order valence-corrected chi connectivity index (χ3v) is 5.99. The summed E-state index contributed by atoms with van der Waals surface area (Å²) < 4.78 is 59.5. The first-order valence-electron chi connectivity index (χ1n) is 8.53. The van der Waals surface area contributed by atoms with Crippen LogP contribution in [0.25, 0.3) is 0 Å². The molecule has 0 aliphatic rings. The lowest BCUT2D eigenvalue weighted by molar-refractivity contribution is 0.102. The van der Waals surface area contributed by atoms with Gasteiger partial charge in [-0.25, -0.2) is 17.2 Å². The third-order valence-electron chi connectivity index (χ3n) is 4.08. The molecule has 0 aliphatic carbocycles. The Kier molecular flexibility index (Phi) is 6.68. The van der Waals surface area contributed by atoms with Crippen molar-refractivity contribution in [1.82, 2.24) is 0 Å². The van der Waals surface area contributed by atoms with E-state index in [1.54, 1.807) is 0 Å². The van der Waals surface area contributed by atoms with Crippen LogP contribution in [0.3, 0.4) is 0 Å². The Morgan fingerprint density at radius 1 is 0.968 bits per heavy atom. The van der Waals surface area contributed by atoms with Gasteiger partial charge in [-0.3, -0.25) is 9.52 Å². The average molecular weight is 487 g/mol. The molecule has 0 atom stereocenters. The molecule has 0 radical (unpaired) electrons. The minimum Gasteiger partial charge on any atom is -0.495 e. The van der Waals surface area contributed by atoms with Crippen LogP contribution in [0.5, 0.6) is 5.75 Å². The van der Waals surface area contributed by atoms with E-state index < -0.39 is 33.3 Å². The van der Waals surface area contributed by atoms with Gasteiger partial charge in [-0.05, 0) is 48.5 Å². The quantitative estimate of drug-likeness (QED) is 0.492. The molecule has 0 aromatic heterocycles. The maximum atomic E-state index is 13.9. The van der Waals surface area contributed by atoms with E-state index in [1.807, 2.05) is 4.72 Å². The van der Waals surface area contributed by atoms with Crippen LogP contribution in [0.2, 0.25) is 10.0 Å². The van der Waals surface area contributed by atoms with Gasteiger partial charge in [-0.15, -0.1) is 0 Å². The maximum absolute atomic E-state index is 13.9. The molecule has 0 bridgehead atoms. The summed E-state index contributed by atoms with van der Waals surface area (Å²) in [6, 6.07) is 10.3. The summed E-state index contributed by atoms with van der Waals surface area (Å²) in [5.41, 5.74) is -0.301. The smallest absolute Gasteiger partial charge is 0.262 e. The molecule has 0 unspecified atom stereocenters. The van der Waals surface area contributed by atoms with Crippen LogP contribution in [-0.4, -0.2) is 21.4 Å². The lowest BCUT2D eigenvalue weighted by Crippen LogP contribution is -2.16. The van der Waals surface area contributed by atoms with Crippen LogP contribution in [0.4, 0.5) is 20.2 Å². The molecule has 0 aliphatic heterocycles. The number of halogens is 4. The minimum absolute atomic E-state index is 0.0287. The fourth-order valence-electron chi connectivity index (χ4n) is 2.59. The van der Waals surface area contributed by atoms with Gasteiger partial charge in [0.05, 0.1) is 34.0 Å². The third kappa shape index (κ3) is 5.25. The van der Waals surface area contributed by atoms with Crippen LogP contribution >= 0.6 is 23.2 Å². The number of rotatable bonds is 6. The summed E-state index contributed by atoms with van der Waals surface area (Å²) in [6.45, 7) is 0. The van der Waals surface area contributed by atoms with Gasteiger partial charge in [0, 0.05) is 11.1 Å². The van der Waals surface area contributed by atoms with Gasteiger partial charge in [0.15, 0.2) is 0 Å². The Balaban J connectivity index is 1.93. The molecule has 31 heavy (non-hydrogen) atoms. The van der Waals surface area contributed by atoms with E-state index in [0.717, 1.165) is 18.2 Å². The van der Waals surface area contributed by atoms with Crippen LogP contribution in [-0.2, 0) is 10.0 Å². The van der Waals surface area contributed by atoms with Crippen LogP contribution < -0.4 is 14.8 Å². The van der Waals surface area contributed by atoms with E-state index in [-0.39, 0.29) is 26.9 Å². The van der Waals surface area contributed by atoms with Crippen LogP contribution in [0, 0.1) is 11.6 Å². The second-order valence-corrected chi connectivity index (χ2v) is 8.70. The maximum Gasteiger partial charge on any atom is 0.262 e. The van der Waals surface area contributed by atoms with Crippen molar-refractivity contribution in [2.45, 2.75) is 4.90 Å². The molecule has 6 nitrogen and oxygen atoms in total. The number of benzene rings is 3. The van der Waals surface area contributed by atoms with Gasteiger partial charge in [0.25, 0.3) is 15.9 Å². The predicted molar refractivity (Wildman–Crippen MR) is 115 cm³/mol. The van der Waals surface area contributed by atoms with E-state index >= 15 is 0 Å². The number of hydrogen-bond acceptors (Lipinski definition) is 4. The predicted octanol–water partition coefficient (Wildman–Crippen LogP) is 5.33. The summed E-state index contributed by atoms with van der Waals surface area (Å²) in [4.78, 5) is 12.3. The number of sulfonamides is 1. The van der Waals surface area contributed by atoms with Crippen LogP contribution in [0.15, 0.2) is 59.5 Å². The normalized spacial score (nSPS) is 11.1. The average Bonchev–Trinajstić information content (AvgIpc) is 2.70. The molecule has 3 rings (SSSR count). The van der Waals surface area contributed by atoms with Gasteiger partial charge in [-0.1, -0.05) is 23.2 Å². The molecule has 3 aromatic carbocycles. The zero-order valence-corrected chi connectivity index (χ0v) is 18.1. The number of anilines is 2. The fourth-order valence-corrected chi connectivity index (χ4v) is 4.18. The number of amides is 1. The SMILES string of the molecule is COc1ccc(S(=O)(=O)Nc2ccc(F)cc2F)cc1NC(=O)c1ccc(Cl)cc1Cl. The number of methoxy groups -OCH3 is 1. The molecule has 0 spiro atoms. The van der Waals surface area contributed by atoms with E-state index in [4.69, 9.17) is 27.9 Å². The molecule has 2 N–H and O–H groups in total. The highest BCUT2D eigenvalue weighted by Crippen LogP contribution is 2.30. The molecular formula is C20H14Cl2F2N2O4S. The first kappa shape index (κ1) is 22.8. The summed E-state index contributed by atoms with van der Waals surface area (Å²) in [5.74, 6) is -2.39. The van der Waals surface area contributed by atoms with Crippen molar-refractivity contribution < 1.29 is 26.7 Å². The van der Waals surface area contributed by atoms with Crippen molar-refractivity contribution in [2.75, 3.05) is 17.1 Å². The Bertz CT molecular complexity index is 1270. The van der Waals surface area contributed by atoms with Crippen molar-refractivity contribution in [3.8, 4) is 5.75 Å². The van der Waals surface area contributed by atoms with Crippen molar-refractivity contribution in [3.05, 3.63) is 81.8 Å². The van der Waals surface area contributed by atoms with Crippen molar-refractivity contribution in [3.63, 3.8) is 0 Å². The minimum atomic E-state index is -4.27. The fraction of sp³-hybridized carbons (Fsp3) is 0.0500. The van der Waals surface area contributed by atoms with Crippen molar-refractivity contribution in [1.29, 1.82) is 0 Å². The molecular weight excluding hydrogens is 473 g/mol. The lowest BCUT2D eigenvalue weighted by atomic mass is 10.2. The van der Waals surface area contributed by atoms with Crippen molar-refractivity contribution >= 4 is 50.5 Å². The van der Waals surface area contributed by atoms with Gasteiger partial charge < -0.3 is 10.1 Å². The Labute approximate surface area is 186 Å². The molecule has 0 saturated heterocycles. The van der Waals surface area contributed by atoms with E-state index in [1.165, 1.54) is 37.4 Å². The molecule has 1 amide bonds. The monoisotopic (exact) mass is 486 g/mol. The van der Waals surface area contributed by atoms with E-state index in [0.29, 0.717) is 11.1 Å². The lowest BCUT2D eigenvalue weighted by Gasteiger charge is -2.14. The Morgan fingerprint density at radius 3 is 2.35 bits per heavy atom. The van der Waals surface area contributed by atoms with Crippen molar-refractivity contribution in [2.24, 2.45) is 0 Å². The van der Waals surface area contributed by atoms with E-state index in [9.17, 15) is 22.0 Å². The summed E-state index contributed by atoms with van der Waals surface area (Å²) in [7, 11) is -2.94. The highest BCUT2D eigenvalue weighted by Gasteiger charge is 2.20. The summed E-state index contributed by atoms with van der Waals surface area (Å²) in [5, 5.41) is 2.96. The first-order chi connectivity index (χ1) is 14.6. The second kappa shape index (κ2) is 9.09. The number of carbonyl (C=O) groups is 1. The highest BCUT2D eigenvalue weighted by molar-refractivity contribution is 7.92. The molecule has 11 heteroatoms. The van der Waals surface area contributed by atoms with E-state index in [2.05, 4.69) is 5.32 Å². The molecule has 162 valence electrons. The Hall–Kier alpha value is -2.88. The summed E-state index contributed by atoms with van der Waals surface area (Å²) in [6.07, 6.45) is 0. The number of nitrogens with one attached hydrogen (secondary N) is 2. The van der Waals surface area contributed by atoms with Crippen LogP contribution in [0.1, 0.15) is 10.4 Å². The van der Waals surface area contributed by atoms with Gasteiger partial charge >= 0.3 is 0 Å². The molecule has 3 aromatic rings. The largest absolute Gasteiger partial charge is 0.495 e. The van der Waals surface area contributed by atoms with Gasteiger partial charge in [0.1, 0.15) is 17.4 Å². The Morgan fingerprint density at radius 2 is 1.71 bits per heavy atom. The highest BCUT2D eigenvalue weighted by atomic mass is 35.5. The topological polar surface area (TPSA) is 84.5 Å². The first-order valence-corrected chi connectivity index (χ1v) is 10.8. The zero-order valence-electron chi connectivity index (χ0n) is 15.7.